The van der Waals surface area contributed by atoms with Gasteiger partial charge in [-0.15, -0.1) is 0 Å². The second-order valence-corrected chi connectivity index (χ2v) is 10.6. The number of phenolic OH excluding ortho intramolecular Hbond substituents is 1. The van der Waals surface area contributed by atoms with Crippen molar-refractivity contribution >= 4 is 39.2 Å². The van der Waals surface area contributed by atoms with Crippen molar-refractivity contribution in [2.45, 2.75) is 26.8 Å². The van der Waals surface area contributed by atoms with E-state index in [1.54, 1.807) is 67.0 Å². The van der Waals surface area contributed by atoms with Crippen LogP contribution in [0.3, 0.4) is 0 Å². The van der Waals surface area contributed by atoms with E-state index in [0.29, 0.717) is 60.8 Å². The first-order chi connectivity index (χ1) is 18.7. The number of halogens is 1. The molecule has 11 heteroatoms. The zero-order valence-corrected chi connectivity index (χ0v) is 25.0. The molecule has 0 fully saturated rings. The number of aromatic nitrogens is 1. The predicted octanol–water partition coefficient (Wildman–Crippen LogP) is 3.60. The number of carbonyl (C=O) groups is 1. The maximum Gasteiger partial charge on any atom is 0.271 e. The average molecular weight is 617 g/mol. The van der Waals surface area contributed by atoms with E-state index in [4.69, 9.17) is 19.2 Å². The molecule has 1 aliphatic heterocycles. The molecule has 1 N–H and O–H groups in total. The van der Waals surface area contributed by atoms with E-state index in [-0.39, 0.29) is 23.0 Å². The van der Waals surface area contributed by atoms with Crippen LogP contribution >= 0.6 is 27.3 Å². The summed E-state index contributed by atoms with van der Waals surface area (Å²) in [6.45, 7) is 6.64. The summed E-state index contributed by atoms with van der Waals surface area (Å²) in [5, 5.41) is 10.2. The van der Waals surface area contributed by atoms with Crippen LogP contribution in [-0.4, -0.2) is 54.9 Å². The lowest BCUT2D eigenvalue weighted by atomic mass is 9.93. The Morgan fingerprint density at radius 2 is 1.82 bits per heavy atom. The van der Waals surface area contributed by atoms with Gasteiger partial charge in [-0.1, -0.05) is 11.3 Å². The van der Waals surface area contributed by atoms with Gasteiger partial charge in [-0.25, -0.2) is 4.99 Å². The molecule has 9 nitrogen and oxygen atoms in total. The highest BCUT2D eigenvalue weighted by Crippen LogP contribution is 2.38. The standard InChI is InChI=1S/C28H30BrN3O6S/c1-7-31(8-2)27(35)23-15(3)30-28-32(24(23)18-14-17(36-4)9-10-20(18)37-5)26(34)22(39-28)13-16-11-19(29)25(33)21(12-16)38-6/h9-14,24,33H,7-8H2,1-6H3/b22-13+/t24-/m1/s1. The molecule has 0 radical (unpaired) electrons. The van der Waals surface area contributed by atoms with Crippen molar-refractivity contribution in [3.8, 4) is 23.0 Å². The van der Waals surface area contributed by atoms with E-state index in [2.05, 4.69) is 15.9 Å². The molecular weight excluding hydrogens is 586 g/mol. The fourth-order valence-electron chi connectivity index (χ4n) is 4.61. The molecule has 0 unspecified atom stereocenters. The molecule has 4 rings (SSSR count). The lowest BCUT2D eigenvalue weighted by molar-refractivity contribution is -0.127. The zero-order valence-electron chi connectivity index (χ0n) is 22.6. The Morgan fingerprint density at radius 1 is 1.13 bits per heavy atom. The summed E-state index contributed by atoms with van der Waals surface area (Å²) in [4.78, 5) is 34.7. The summed E-state index contributed by atoms with van der Waals surface area (Å²) in [7, 11) is 4.57. The molecule has 0 saturated heterocycles. The number of allylic oxidation sites excluding steroid dienone is 1. The predicted molar refractivity (Wildman–Crippen MR) is 154 cm³/mol. The van der Waals surface area contributed by atoms with E-state index in [0.717, 1.165) is 0 Å². The van der Waals surface area contributed by atoms with Crippen LogP contribution < -0.4 is 29.1 Å². The third-order valence-corrected chi connectivity index (χ3v) is 8.19. The largest absolute Gasteiger partial charge is 0.503 e. The SMILES string of the molecule is CCN(CC)C(=O)C1=C(C)N=c2s/c(=C/c3cc(Br)c(O)c(OC)c3)c(=O)n2[C@@H]1c1cc(OC)ccc1OC. The van der Waals surface area contributed by atoms with Crippen molar-refractivity contribution < 1.29 is 24.1 Å². The minimum Gasteiger partial charge on any atom is -0.503 e. The van der Waals surface area contributed by atoms with Gasteiger partial charge < -0.3 is 24.2 Å². The molecule has 0 spiro atoms. The van der Waals surface area contributed by atoms with E-state index in [9.17, 15) is 14.7 Å². The van der Waals surface area contributed by atoms with Crippen molar-refractivity contribution in [2.75, 3.05) is 34.4 Å². The van der Waals surface area contributed by atoms with Crippen molar-refractivity contribution in [1.82, 2.24) is 9.47 Å². The zero-order chi connectivity index (χ0) is 28.4. The summed E-state index contributed by atoms with van der Waals surface area (Å²) < 4.78 is 18.8. The number of aromatic hydroxyl groups is 1. The Kier molecular flexibility index (Phi) is 8.51. The van der Waals surface area contributed by atoms with Gasteiger partial charge >= 0.3 is 0 Å². The smallest absolute Gasteiger partial charge is 0.271 e. The summed E-state index contributed by atoms with van der Waals surface area (Å²) >= 11 is 4.55. The molecule has 39 heavy (non-hydrogen) atoms. The molecule has 1 aromatic heterocycles. The third-order valence-electron chi connectivity index (χ3n) is 6.60. The Balaban J connectivity index is 2.03. The van der Waals surface area contributed by atoms with Crippen LogP contribution in [0.4, 0.5) is 0 Å². The summed E-state index contributed by atoms with van der Waals surface area (Å²) in [5.41, 5.74) is 1.88. The van der Waals surface area contributed by atoms with Gasteiger partial charge in [-0.2, -0.15) is 0 Å². The van der Waals surface area contributed by atoms with Gasteiger partial charge in [-0.3, -0.25) is 14.2 Å². The molecule has 1 amide bonds. The number of carbonyl (C=O) groups excluding carboxylic acids is 1. The molecule has 206 valence electrons. The first kappa shape index (κ1) is 28.4. The summed E-state index contributed by atoms with van der Waals surface area (Å²) in [5.74, 6) is 1.12. The molecular formula is C28H30BrN3O6S. The van der Waals surface area contributed by atoms with Crippen LogP contribution in [0.15, 0.2) is 55.9 Å². The van der Waals surface area contributed by atoms with Crippen LogP contribution in [0, 0.1) is 0 Å². The number of hydrogen-bond donors (Lipinski definition) is 1. The number of fused-ring (bicyclic) bond motifs is 1. The third kappa shape index (κ3) is 5.20. The number of likely N-dealkylation sites (N-methyl/N-ethyl adjacent to an activating group) is 1. The van der Waals surface area contributed by atoms with E-state index >= 15 is 0 Å². The minimum atomic E-state index is -0.789. The molecule has 1 aliphatic rings. The van der Waals surface area contributed by atoms with Crippen LogP contribution in [0.1, 0.15) is 37.9 Å². The Labute approximate surface area is 238 Å². The van der Waals surface area contributed by atoms with E-state index in [1.807, 2.05) is 13.8 Å². The number of benzene rings is 2. The molecule has 2 heterocycles. The lowest BCUT2D eigenvalue weighted by Crippen LogP contribution is -2.43. The number of phenols is 1. The van der Waals surface area contributed by atoms with Gasteiger partial charge in [0.25, 0.3) is 11.5 Å². The van der Waals surface area contributed by atoms with Crippen LogP contribution in [-0.2, 0) is 4.79 Å². The number of nitrogens with zero attached hydrogens (tertiary/aromatic N) is 3. The average Bonchev–Trinajstić information content (AvgIpc) is 3.23. The summed E-state index contributed by atoms with van der Waals surface area (Å²) in [6, 6.07) is 7.86. The quantitative estimate of drug-likeness (QED) is 0.415. The lowest BCUT2D eigenvalue weighted by Gasteiger charge is -2.30. The molecule has 2 aromatic carbocycles. The minimum absolute atomic E-state index is 0.0311. The number of ether oxygens (including phenoxy) is 3. The normalized spacial score (nSPS) is 15.1. The summed E-state index contributed by atoms with van der Waals surface area (Å²) in [6.07, 6.45) is 1.71. The number of thiazole rings is 1. The molecule has 1 atom stereocenters. The topological polar surface area (TPSA) is 103 Å². The van der Waals surface area contributed by atoms with Crippen molar-refractivity contribution in [2.24, 2.45) is 4.99 Å². The highest BCUT2D eigenvalue weighted by molar-refractivity contribution is 9.10. The van der Waals surface area contributed by atoms with Crippen LogP contribution in [0.25, 0.3) is 6.08 Å². The molecule has 3 aromatic rings. The van der Waals surface area contributed by atoms with Gasteiger partial charge in [-0.05, 0) is 78.7 Å². The Hall–Kier alpha value is -3.57. The van der Waals surface area contributed by atoms with E-state index in [1.165, 1.54) is 18.4 Å². The van der Waals surface area contributed by atoms with Crippen LogP contribution in [0.5, 0.6) is 23.0 Å². The highest BCUT2D eigenvalue weighted by atomic mass is 79.9. The monoisotopic (exact) mass is 615 g/mol. The van der Waals surface area contributed by atoms with Gasteiger partial charge in [0.15, 0.2) is 16.3 Å². The Bertz CT molecular complexity index is 1640. The fraction of sp³-hybridized carbons (Fsp3) is 0.321. The van der Waals surface area contributed by atoms with Crippen molar-refractivity contribution in [3.05, 3.63) is 76.9 Å². The van der Waals surface area contributed by atoms with Gasteiger partial charge in [0.1, 0.15) is 17.5 Å². The number of amides is 1. The molecule has 0 saturated carbocycles. The van der Waals surface area contributed by atoms with Crippen LogP contribution in [0.2, 0.25) is 0 Å². The number of methoxy groups -OCH3 is 3. The number of hydrogen-bond acceptors (Lipinski definition) is 8. The fourth-order valence-corrected chi connectivity index (χ4v) is 6.11. The van der Waals surface area contributed by atoms with Gasteiger partial charge in [0, 0.05) is 18.7 Å². The van der Waals surface area contributed by atoms with E-state index < -0.39 is 6.04 Å². The highest BCUT2D eigenvalue weighted by Gasteiger charge is 2.36. The van der Waals surface area contributed by atoms with Gasteiger partial charge in [0.2, 0.25) is 0 Å². The first-order valence-corrected chi connectivity index (χ1v) is 13.9. The van der Waals surface area contributed by atoms with Gasteiger partial charge in [0.05, 0.1) is 41.6 Å². The maximum atomic E-state index is 14.0. The second-order valence-electron chi connectivity index (χ2n) is 8.72. The number of rotatable bonds is 8. The maximum absolute atomic E-state index is 14.0. The first-order valence-electron chi connectivity index (χ1n) is 12.3. The molecule has 0 aliphatic carbocycles. The molecule has 0 bridgehead atoms. The van der Waals surface area contributed by atoms with Crippen molar-refractivity contribution in [1.29, 1.82) is 0 Å². The second kappa shape index (κ2) is 11.7. The van der Waals surface area contributed by atoms with Crippen molar-refractivity contribution in [3.63, 3.8) is 0 Å². The Morgan fingerprint density at radius 3 is 2.44 bits per heavy atom.